The van der Waals surface area contributed by atoms with Crippen LogP contribution in [0, 0.1) is 6.92 Å². The third kappa shape index (κ3) is 5.79. The monoisotopic (exact) mass is 170 g/mol. The lowest BCUT2D eigenvalue weighted by Crippen LogP contribution is -1.62. The Morgan fingerprint density at radius 2 is 1.70 bits per heavy atom. The maximum atomic E-state index is 4.13. The van der Waals surface area contributed by atoms with Crippen molar-refractivity contribution in [2.24, 2.45) is 0 Å². The third-order valence-corrected chi connectivity index (χ3v) is 0.940. The molecule has 0 aromatic heterocycles. The van der Waals surface area contributed by atoms with E-state index in [1.807, 2.05) is 18.2 Å². The van der Waals surface area contributed by atoms with Crippen LogP contribution in [0.5, 0.6) is 0 Å². The zero-order valence-corrected chi connectivity index (χ0v) is 7.53. The molecule has 0 N–H and O–H groups in total. The first-order chi connectivity index (χ1) is 4.81. The van der Waals surface area contributed by atoms with Crippen molar-refractivity contribution in [2.45, 2.75) is 6.92 Å². The minimum Gasteiger partial charge on any atom is -0.140 e. The van der Waals surface area contributed by atoms with E-state index in [4.69, 9.17) is 0 Å². The van der Waals surface area contributed by atoms with E-state index in [-0.39, 0.29) is 0 Å². The Bertz CT molecular complexity index is 170. The first-order valence-electron chi connectivity index (χ1n) is 2.90. The largest absolute Gasteiger partial charge is 0.140 e. The van der Waals surface area contributed by atoms with Gasteiger partial charge in [0.15, 0.2) is 0 Å². The summed E-state index contributed by atoms with van der Waals surface area (Å²) in [4.78, 5) is 0. The number of hydrogen-bond acceptors (Lipinski definition) is 1. The molecule has 0 heterocycles. The average molecular weight is 170 g/mol. The summed E-state index contributed by atoms with van der Waals surface area (Å²) < 4.78 is 1.28. The lowest BCUT2D eigenvalue weighted by atomic mass is 10.2. The molecule has 0 unspecified atom stereocenters. The Morgan fingerprint density at radius 3 is 1.90 bits per heavy atom. The normalized spacial score (nSPS) is 7.40. The lowest BCUT2D eigenvalue weighted by molar-refractivity contribution is 1.48. The maximum absolute atomic E-state index is 4.13. The van der Waals surface area contributed by atoms with Gasteiger partial charge in [0, 0.05) is 4.70 Å². The molecule has 1 rings (SSSR count). The summed E-state index contributed by atoms with van der Waals surface area (Å²) in [6.45, 7) is 2.08. The molecule has 2 heteroatoms. The summed E-state index contributed by atoms with van der Waals surface area (Å²) in [5.74, 6) is 0. The second-order valence-electron chi connectivity index (χ2n) is 1.76. The SMILES string of the molecule is Cc1ccccc1.S=CS. The molecule has 0 amide bonds. The van der Waals surface area contributed by atoms with Gasteiger partial charge in [0.25, 0.3) is 0 Å². The van der Waals surface area contributed by atoms with E-state index < -0.39 is 0 Å². The van der Waals surface area contributed by atoms with Crippen LogP contribution in [0.1, 0.15) is 5.56 Å². The number of benzene rings is 1. The molecule has 10 heavy (non-hydrogen) atoms. The fourth-order valence-electron chi connectivity index (χ4n) is 0.534. The third-order valence-electron chi connectivity index (χ3n) is 0.940. The Hall–Kier alpha value is -0.340. The molecule has 0 saturated heterocycles. The lowest BCUT2D eigenvalue weighted by Gasteiger charge is -1.82. The molecule has 0 nitrogen and oxygen atoms in total. The summed E-state index contributed by atoms with van der Waals surface area (Å²) in [7, 11) is 0. The van der Waals surface area contributed by atoms with E-state index in [0.717, 1.165) is 0 Å². The molecule has 1 aromatic carbocycles. The van der Waals surface area contributed by atoms with Gasteiger partial charge in [-0.2, -0.15) is 0 Å². The molecule has 0 bridgehead atoms. The van der Waals surface area contributed by atoms with Crippen molar-refractivity contribution in [1.29, 1.82) is 0 Å². The summed E-state index contributed by atoms with van der Waals surface area (Å²) in [5.41, 5.74) is 1.32. The van der Waals surface area contributed by atoms with Crippen molar-refractivity contribution >= 4 is 29.5 Å². The van der Waals surface area contributed by atoms with Crippen LogP contribution in [-0.2, 0) is 0 Å². The van der Waals surface area contributed by atoms with Gasteiger partial charge in [-0.25, -0.2) is 0 Å². The van der Waals surface area contributed by atoms with Gasteiger partial charge < -0.3 is 0 Å². The standard InChI is InChI=1S/C7H8.CH2S2/c1-7-5-3-2-4-6-7;2-1-3/h2-6H,1H3;1H,(H,2,3). The summed E-state index contributed by atoms with van der Waals surface area (Å²) >= 11 is 7.61. The highest BCUT2D eigenvalue weighted by Gasteiger charge is 1.72. The second kappa shape index (κ2) is 6.78. The van der Waals surface area contributed by atoms with Gasteiger partial charge in [-0.1, -0.05) is 48.1 Å². The highest BCUT2D eigenvalue weighted by Crippen LogP contribution is 1.92. The molecule has 1 aromatic rings. The van der Waals surface area contributed by atoms with Gasteiger partial charge in [0.05, 0.1) is 0 Å². The summed E-state index contributed by atoms with van der Waals surface area (Å²) in [5, 5.41) is 0. The maximum Gasteiger partial charge on any atom is 0.0310 e. The zero-order valence-electron chi connectivity index (χ0n) is 5.82. The fraction of sp³-hybridized carbons (Fsp3) is 0.125. The van der Waals surface area contributed by atoms with Gasteiger partial charge in [0.1, 0.15) is 0 Å². The number of hydrogen-bond donors (Lipinski definition) is 1. The van der Waals surface area contributed by atoms with Crippen LogP contribution in [0.4, 0.5) is 0 Å². The van der Waals surface area contributed by atoms with Crippen molar-refractivity contribution in [3.05, 3.63) is 35.9 Å². The Kier molecular flexibility index (Phi) is 6.55. The van der Waals surface area contributed by atoms with Crippen LogP contribution in [0.3, 0.4) is 0 Å². The van der Waals surface area contributed by atoms with Gasteiger partial charge >= 0.3 is 0 Å². The quantitative estimate of drug-likeness (QED) is 0.461. The fourth-order valence-corrected chi connectivity index (χ4v) is 0.534. The summed E-state index contributed by atoms with van der Waals surface area (Å²) in [6.07, 6.45) is 0. The Morgan fingerprint density at radius 1 is 1.30 bits per heavy atom. The van der Waals surface area contributed by atoms with E-state index in [0.29, 0.717) is 0 Å². The predicted octanol–water partition coefficient (Wildman–Crippen LogP) is 2.87. The topological polar surface area (TPSA) is 0 Å². The van der Waals surface area contributed by atoms with Crippen LogP contribution < -0.4 is 0 Å². The van der Waals surface area contributed by atoms with Crippen LogP contribution >= 0.6 is 24.8 Å². The van der Waals surface area contributed by atoms with Gasteiger partial charge in [-0.3, -0.25) is 0 Å². The molecule has 0 atom stereocenters. The van der Waals surface area contributed by atoms with E-state index >= 15 is 0 Å². The van der Waals surface area contributed by atoms with Gasteiger partial charge in [0.2, 0.25) is 0 Å². The van der Waals surface area contributed by atoms with Gasteiger partial charge in [-0.05, 0) is 6.92 Å². The van der Waals surface area contributed by atoms with E-state index in [1.54, 1.807) is 0 Å². The Balaban J connectivity index is 0.000000236. The van der Waals surface area contributed by atoms with Crippen molar-refractivity contribution in [1.82, 2.24) is 0 Å². The minimum absolute atomic E-state index is 1.28. The predicted molar refractivity (Wildman–Crippen MR) is 53.8 cm³/mol. The molecule has 0 radical (unpaired) electrons. The van der Waals surface area contributed by atoms with Gasteiger partial charge in [-0.15, -0.1) is 12.6 Å². The van der Waals surface area contributed by atoms with Crippen LogP contribution in [-0.4, -0.2) is 4.70 Å². The molecular weight excluding hydrogens is 160 g/mol. The highest BCUT2D eigenvalue weighted by molar-refractivity contribution is 8.08. The van der Waals surface area contributed by atoms with Crippen molar-refractivity contribution in [3.8, 4) is 0 Å². The van der Waals surface area contributed by atoms with Crippen LogP contribution in [0.25, 0.3) is 0 Å². The van der Waals surface area contributed by atoms with Crippen LogP contribution in [0.15, 0.2) is 30.3 Å². The first kappa shape index (κ1) is 9.66. The Labute approximate surface area is 72.7 Å². The minimum atomic E-state index is 1.28. The molecule has 54 valence electrons. The van der Waals surface area contributed by atoms with E-state index in [2.05, 4.69) is 43.9 Å². The molecule has 0 aliphatic rings. The second-order valence-corrected chi connectivity index (χ2v) is 2.60. The number of rotatable bonds is 0. The van der Waals surface area contributed by atoms with E-state index in [9.17, 15) is 0 Å². The van der Waals surface area contributed by atoms with E-state index in [1.165, 1.54) is 10.3 Å². The average Bonchev–Trinajstić information content (AvgIpc) is 1.91. The van der Waals surface area contributed by atoms with Crippen molar-refractivity contribution < 1.29 is 0 Å². The number of thiol groups is 1. The number of aryl methyl sites for hydroxylation is 1. The smallest absolute Gasteiger partial charge is 0.0310 e. The zero-order chi connectivity index (χ0) is 7.82. The molecule has 0 aliphatic heterocycles. The van der Waals surface area contributed by atoms with Crippen molar-refractivity contribution in [2.75, 3.05) is 0 Å². The molecular formula is C8H10S2. The number of thiocarbonyl (C=S) groups is 1. The first-order valence-corrected chi connectivity index (χ1v) is 3.89. The van der Waals surface area contributed by atoms with Crippen LogP contribution in [0.2, 0.25) is 0 Å². The molecule has 0 fully saturated rings. The molecule has 0 saturated carbocycles. The summed E-state index contributed by atoms with van der Waals surface area (Å²) in [6, 6.07) is 10.3. The highest BCUT2D eigenvalue weighted by atomic mass is 32.1. The van der Waals surface area contributed by atoms with Crippen molar-refractivity contribution in [3.63, 3.8) is 0 Å². The molecule has 0 spiro atoms. The molecule has 0 aliphatic carbocycles.